The van der Waals surface area contributed by atoms with E-state index in [1.54, 1.807) is 6.92 Å². The zero-order valence-electron chi connectivity index (χ0n) is 7.95. The van der Waals surface area contributed by atoms with Crippen LogP contribution in [-0.2, 0) is 0 Å². The number of hydrogen-bond acceptors (Lipinski definition) is 4. The van der Waals surface area contributed by atoms with Crippen molar-refractivity contribution < 1.29 is 13.9 Å². The number of Topliss-reactive ketones (excluding diaryl/α,β-unsaturated/α-hetero) is 1. The highest BCUT2D eigenvalue weighted by Crippen LogP contribution is 2.16. The fourth-order valence-corrected chi connectivity index (χ4v) is 0.945. The van der Waals surface area contributed by atoms with Gasteiger partial charge in [-0.1, -0.05) is 0 Å². The number of ketones is 1. The Bertz CT molecular complexity index is 353. The Kier molecular flexibility index (Phi) is 3.14. The van der Waals surface area contributed by atoms with Crippen molar-refractivity contribution in [2.75, 3.05) is 7.11 Å². The lowest BCUT2D eigenvalue weighted by Gasteiger charge is -2.05. The number of pyridine rings is 1. The summed E-state index contributed by atoms with van der Waals surface area (Å²) in [6.45, 7) is 1.54. The highest BCUT2D eigenvalue weighted by Gasteiger charge is 2.14. The van der Waals surface area contributed by atoms with Gasteiger partial charge in [-0.15, -0.1) is 0 Å². The fourth-order valence-electron chi connectivity index (χ4n) is 0.945. The number of aromatic nitrogens is 1. The van der Waals surface area contributed by atoms with Crippen molar-refractivity contribution in [3.8, 4) is 5.75 Å². The highest BCUT2D eigenvalue weighted by atomic mass is 19.1. The monoisotopic (exact) mass is 198 g/mol. The molecule has 0 spiro atoms. The van der Waals surface area contributed by atoms with E-state index in [0.29, 0.717) is 0 Å². The van der Waals surface area contributed by atoms with E-state index in [1.807, 2.05) is 0 Å². The average Bonchev–Trinajstić information content (AvgIpc) is 2.17. The van der Waals surface area contributed by atoms with Crippen LogP contribution in [0.15, 0.2) is 12.3 Å². The SMILES string of the molecule is COc1cc(C(=O)C(C)N)ncc1F. The molecular formula is C9H11FN2O2. The minimum absolute atomic E-state index is 0.0102. The number of nitrogens with zero attached hydrogens (tertiary/aromatic N) is 1. The van der Waals surface area contributed by atoms with Gasteiger partial charge in [0, 0.05) is 6.07 Å². The summed E-state index contributed by atoms with van der Waals surface area (Å²) in [5, 5.41) is 0. The maximum absolute atomic E-state index is 12.9. The number of ether oxygens (including phenoxy) is 1. The number of methoxy groups -OCH3 is 1. The molecule has 0 aliphatic carbocycles. The average molecular weight is 198 g/mol. The van der Waals surface area contributed by atoms with E-state index in [2.05, 4.69) is 4.98 Å². The number of rotatable bonds is 3. The molecule has 5 heteroatoms. The predicted octanol–water partition coefficient (Wildman–Crippen LogP) is 0.759. The number of halogens is 1. The third-order valence-corrected chi connectivity index (χ3v) is 1.71. The van der Waals surface area contributed by atoms with Gasteiger partial charge in [-0.25, -0.2) is 9.37 Å². The van der Waals surface area contributed by atoms with Crippen molar-refractivity contribution in [1.82, 2.24) is 4.98 Å². The van der Waals surface area contributed by atoms with Crippen LogP contribution in [0.2, 0.25) is 0 Å². The topological polar surface area (TPSA) is 65.2 Å². The highest BCUT2D eigenvalue weighted by molar-refractivity contribution is 5.98. The van der Waals surface area contributed by atoms with E-state index in [9.17, 15) is 9.18 Å². The molecule has 2 N–H and O–H groups in total. The summed E-state index contributed by atoms with van der Waals surface area (Å²) in [5.41, 5.74) is 5.48. The minimum atomic E-state index is -0.655. The maximum Gasteiger partial charge on any atom is 0.197 e. The second-order valence-electron chi connectivity index (χ2n) is 2.86. The molecule has 1 heterocycles. The number of nitrogens with two attached hydrogens (primary N) is 1. The van der Waals surface area contributed by atoms with Crippen molar-refractivity contribution in [2.45, 2.75) is 13.0 Å². The first-order chi connectivity index (χ1) is 6.56. The molecular weight excluding hydrogens is 187 g/mol. The van der Waals surface area contributed by atoms with Gasteiger partial charge >= 0.3 is 0 Å². The molecule has 1 unspecified atom stereocenters. The third-order valence-electron chi connectivity index (χ3n) is 1.71. The van der Waals surface area contributed by atoms with Gasteiger partial charge in [-0.2, -0.15) is 0 Å². The van der Waals surface area contributed by atoms with E-state index < -0.39 is 11.9 Å². The third kappa shape index (κ3) is 2.05. The van der Waals surface area contributed by atoms with Crippen LogP contribution in [-0.4, -0.2) is 23.9 Å². The van der Waals surface area contributed by atoms with Gasteiger partial charge in [-0.3, -0.25) is 4.79 Å². The first-order valence-electron chi connectivity index (χ1n) is 4.05. The Morgan fingerprint density at radius 1 is 1.71 bits per heavy atom. The van der Waals surface area contributed by atoms with Crippen LogP contribution in [0.5, 0.6) is 5.75 Å². The molecule has 0 radical (unpaired) electrons. The fraction of sp³-hybridized carbons (Fsp3) is 0.333. The van der Waals surface area contributed by atoms with Crippen LogP contribution in [0.4, 0.5) is 4.39 Å². The Morgan fingerprint density at radius 2 is 2.36 bits per heavy atom. The Hall–Kier alpha value is -1.49. The molecule has 76 valence electrons. The van der Waals surface area contributed by atoms with Gasteiger partial charge in [0.05, 0.1) is 19.3 Å². The molecule has 0 aliphatic heterocycles. The molecule has 0 fully saturated rings. The zero-order chi connectivity index (χ0) is 10.7. The van der Waals surface area contributed by atoms with Gasteiger partial charge < -0.3 is 10.5 Å². The van der Waals surface area contributed by atoms with Gasteiger partial charge in [0.25, 0.3) is 0 Å². The summed E-state index contributed by atoms with van der Waals surface area (Å²) in [6.07, 6.45) is 0.939. The Balaban J connectivity index is 3.06. The molecule has 1 aromatic heterocycles. The van der Waals surface area contributed by atoms with Crippen LogP contribution in [0, 0.1) is 5.82 Å². The Labute approximate surface area is 80.9 Å². The van der Waals surface area contributed by atoms with E-state index in [-0.39, 0.29) is 17.2 Å². The summed E-state index contributed by atoms with van der Waals surface area (Å²) in [4.78, 5) is 15.0. The van der Waals surface area contributed by atoms with Crippen molar-refractivity contribution in [3.63, 3.8) is 0 Å². The van der Waals surface area contributed by atoms with Crippen LogP contribution in [0.25, 0.3) is 0 Å². The molecule has 0 saturated heterocycles. The second kappa shape index (κ2) is 4.15. The first kappa shape index (κ1) is 10.6. The lowest BCUT2D eigenvalue weighted by atomic mass is 10.1. The molecule has 1 atom stereocenters. The normalized spacial score (nSPS) is 12.3. The quantitative estimate of drug-likeness (QED) is 0.728. The smallest absolute Gasteiger partial charge is 0.197 e. The van der Waals surface area contributed by atoms with Crippen LogP contribution < -0.4 is 10.5 Å². The van der Waals surface area contributed by atoms with E-state index >= 15 is 0 Å². The molecule has 14 heavy (non-hydrogen) atoms. The predicted molar refractivity (Wildman–Crippen MR) is 48.7 cm³/mol. The standard InChI is InChI=1S/C9H11FN2O2/c1-5(11)9(13)7-3-8(14-2)6(10)4-12-7/h3-5H,11H2,1-2H3. The second-order valence-corrected chi connectivity index (χ2v) is 2.86. The van der Waals surface area contributed by atoms with Crippen molar-refractivity contribution in [1.29, 1.82) is 0 Å². The summed E-state index contributed by atoms with van der Waals surface area (Å²) in [6, 6.07) is 0.582. The zero-order valence-corrected chi connectivity index (χ0v) is 7.95. The molecule has 4 nitrogen and oxygen atoms in total. The lowest BCUT2D eigenvalue weighted by molar-refractivity contribution is 0.0962. The number of hydrogen-bond donors (Lipinski definition) is 1. The van der Waals surface area contributed by atoms with Crippen molar-refractivity contribution in [2.24, 2.45) is 5.73 Å². The van der Waals surface area contributed by atoms with Crippen LogP contribution >= 0.6 is 0 Å². The van der Waals surface area contributed by atoms with Crippen LogP contribution in [0.1, 0.15) is 17.4 Å². The van der Waals surface area contributed by atoms with Crippen LogP contribution in [0.3, 0.4) is 0 Å². The van der Waals surface area contributed by atoms with Crippen molar-refractivity contribution >= 4 is 5.78 Å². The Morgan fingerprint density at radius 3 is 2.86 bits per heavy atom. The van der Waals surface area contributed by atoms with E-state index in [4.69, 9.17) is 10.5 Å². The molecule has 0 saturated carbocycles. The summed E-state index contributed by atoms with van der Waals surface area (Å²) < 4.78 is 17.6. The summed E-state index contributed by atoms with van der Waals surface area (Å²) >= 11 is 0. The molecule has 0 amide bonds. The molecule has 0 aliphatic rings. The number of carbonyl (C=O) groups excluding carboxylic acids is 1. The van der Waals surface area contributed by atoms with Gasteiger partial charge in [0.2, 0.25) is 0 Å². The first-order valence-corrected chi connectivity index (χ1v) is 4.05. The largest absolute Gasteiger partial charge is 0.494 e. The number of carbonyl (C=O) groups is 1. The minimum Gasteiger partial charge on any atom is -0.494 e. The lowest BCUT2D eigenvalue weighted by Crippen LogP contribution is -2.27. The van der Waals surface area contributed by atoms with Gasteiger partial charge in [0.1, 0.15) is 5.69 Å². The van der Waals surface area contributed by atoms with E-state index in [0.717, 1.165) is 6.20 Å². The molecule has 0 bridgehead atoms. The van der Waals surface area contributed by atoms with Crippen molar-refractivity contribution in [3.05, 3.63) is 23.8 Å². The molecule has 1 aromatic rings. The van der Waals surface area contributed by atoms with Gasteiger partial charge in [0.15, 0.2) is 17.3 Å². The molecule has 0 aromatic carbocycles. The maximum atomic E-state index is 12.9. The summed E-state index contributed by atoms with van der Waals surface area (Å²) in [5.74, 6) is -0.957. The summed E-state index contributed by atoms with van der Waals surface area (Å²) in [7, 11) is 1.32. The van der Waals surface area contributed by atoms with Gasteiger partial charge in [-0.05, 0) is 6.92 Å². The molecule has 1 rings (SSSR count). The van der Waals surface area contributed by atoms with E-state index in [1.165, 1.54) is 13.2 Å².